The molecule has 0 saturated carbocycles. The average Bonchev–Trinajstić information content (AvgIpc) is 3.33. The van der Waals surface area contributed by atoms with Crippen LogP contribution < -0.4 is 4.74 Å². The Morgan fingerprint density at radius 2 is 2.05 bits per heavy atom. The summed E-state index contributed by atoms with van der Waals surface area (Å²) in [5.41, 5.74) is 2.45. The van der Waals surface area contributed by atoms with Gasteiger partial charge in [-0.25, -0.2) is 19.2 Å². The second-order valence-corrected chi connectivity index (χ2v) is 11.1. The quantitative estimate of drug-likeness (QED) is 0.264. The predicted molar refractivity (Wildman–Crippen MR) is 156 cm³/mol. The number of imidazole rings is 1. The zero-order chi connectivity index (χ0) is 29.5. The number of methoxy groups -OCH3 is 1. The number of aromatic nitrogens is 3. The summed E-state index contributed by atoms with van der Waals surface area (Å²) in [5, 5.41) is 10.0. The van der Waals surface area contributed by atoms with E-state index in [0.717, 1.165) is 56.2 Å². The number of nitrogens with zero attached hydrogens (tertiary/aromatic N) is 4. The van der Waals surface area contributed by atoms with Crippen LogP contribution in [0.5, 0.6) is 5.88 Å². The predicted octanol–water partition coefficient (Wildman–Crippen LogP) is 5.32. The van der Waals surface area contributed by atoms with Crippen molar-refractivity contribution >= 4 is 23.6 Å². The smallest absolute Gasteiger partial charge is 0.331 e. The number of hydrogen-bond acceptors (Lipinski definition) is 7. The molecule has 1 N–H and O–H groups in total. The van der Waals surface area contributed by atoms with E-state index >= 15 is 0 Å². The van der Waals surface area contributed by atoms with E-state index in [1.54, 1.807) is 37.6 Å². The maximum Gasteiger partial charge on any atom is 0.331 e. The molecule has 11 heteroatoms. The van der Waals surface area contributed by atoms with Crippen LogP contribution in [0.1, 0.15) is 54.4 Å². The van der Waals surface area contributed by atoms with Crippen molar-refractivity contribution in [2.75, 3.05) is 33.4 Å². The van der Waals surface area contributed by atoms with Crippen LogP contribution in [0.4, 0.5) is 4.39 Å². The fraction of sp³-hybridized carbons (Fsp3) is 0.452. The van der Waals surface area contributed by atoms with Crippen molar-refractivity contribution < 1.29 is 28.5 Å². The lowest BCUT2D eigenvalue weighted by molar-refractivity contribution is -0.132. The highest BCUT2D eigenvalue weighted by Gasteiger charge is 2.26. The van der Waals surface area contributed by atoms with Gasteiger partial charge < -0.3 is 23.9 Å². The Hall–Kier alpha value is -3.31. The Morgan fingerprint density at radius 1 is 1.24 bits per heavy atom. The first-order chi connectivity index (χ1) is 20.4. The molecule has 1 aromatic carbocycles. The molecule has 0 radical (unpaired) electrons. The topological polar surface area (TPSA) is 98.9 Å². The molecule has 2 aromatic heterocycles. The van der Waals surface area contributed by atoms with Gasteiger partial charge in [0.05, 0.1) is 37.7 Å². The van der Waals surface area contributed by atoms with Crippen molar-refractivity contribution in [3.05, 3.63) is 81.8 Å². The number of benzene rings is 1. The molecular weight excluding hydrogens is 563 g/mol. The van der Waals surface area contributed by atoms with Crippen LogP contribution in [-0.2, 0) is 34.0 Å². The Labute approximate surface area is 249 Å². The number of piperidine rings is 1. The first-order valence-corrected chi connectivity index (χ1v) is 14.6. The summed E-state index contributed by atoms with van der Waals surface area (Å²) in [5.74, 6) is 0.301. The SMILES string of the molecule is COCCC(=Cc1cnc(CN2CCC(c3cccc(OCc4ccc(Cl)cc4F)n3)CC2)n1CC1CCO1)C(=O)O. The molecule has 42 heavy (non-hydrogen) atoms. The maximum absolute atomic E-state index is 14.1. The zero-order valence-electron chi connectivity index (χ0n) is 23.7. The summed E-state index contributed by atoms with van der Waals surface area (Å²) >= 11 is 5.85. The van der Waals surface area contributed by atoms with Gasteiger partial charge in [-0.15, -0.1) is 0 Å². The Kier molecular flexibility index (Phi) is 10.2. The van der Waals surface area contributed by atoms with Crippen molar-refractivity contribution in [3.8, 4) is 5.88 Å². The molecule has 5 rings (SSSR count). The number of rotatable bonds is 13. The van der Waals surface area contributed by atoms with Gasteiger partial charge in [-0.05, 0) is 56.6 Å². The summed E-state index contributed by atoms with van der Waals surface area (Å²) in [4.78, 5) is 23.6. The number of hydrogen-bond donors (Lipinski definition) is 1. The summed E-state index contributed by atoms with van der Waals surface area (Å²) in [7, 11) is 1.56. The average molecular weight is 599 g/mol. The molecule has 0 spiro atoms. The minimum absolute atomic E-state index is 0.0773. The van der Waals surface area contributed by atoms with Gasteiger partial charge in [-0.2, -0.15) is 0 Å². The third-order valence-electron chi connectivity index (χ3n) is 7.83. The molecule has 9 nitrogen and oxygen atoms in total. The van der Waals surface area contributed by atoms with Crippen LogP contribution in [0, 0.1) is 5.82 Å². The number of aliphatic carboxylic acids is 1. The minimum atomic E-state index is -0.955. The van der Waals surface area contributed by atoms with Crippen molar-refractivity contribution in [1.82, 2.24) is 19.4 Å². The van der Waals surface area contributed by atoms with Crippen molar-refractivity contribution in [2.45, 2.75) is 57.4 Å². The minimum Gasteiger partial charge on any atom is -0.478 e. The Bertz CT molecular complexity index is 1400. The number of carboxylic acids is 1. The van der Waals surface area contributed by atoms with Gasteiger partial charge in [0.1, 0.15) is 18.2 Å². The normalized spacial score (nSPS) is 18.2. The molecule has 2 saturated heterocycles. The van der Waals surface area contributed by atoms with Crippen molar-refractivity contribution in [3.63, 3.8) is 0 Å². The molecule has 0 aliphatic carbocycles. The Morgan fingerprint density at radius 3 is 2.74 bits per heavy atom. The molecule has 0 bridgehead atoms. The molecule has 1 atom stereocenters. The monoisotopic (exact) mass is 598 g/mol. The molecule has 2 aliphatic rings. The lowest BCUT2D eigenvalue weighted by Crippen LogP contribution is -2.35. The number of carbonyl (C=O) groups is 1. The van der Waals surface area contributed by atoms with E-state index in [1.165, 1.54) is 6.07 Å². The van der Waals surface area contributed by atoms with E-state index < -0.39 is 11.8 Å². The third kappa shape index (κ3) is 7.74. The number of carboxylic acid groups (broad SMARTS) is 1. The zero-order valence-corrected chi connectivity index (χ0v) is 24.4. The van der Waals surface area contributed by atoms with Crippen LogP contribution >= 0.6 is 11.6 Å². The first kappa shape index (κ1) is 30.2. The van der Waals surface area contributed by atoms with Crippen molar-refractivity contribution in [2.24, 2.45) is 0 Å². The highest BCUT2D eigenvalue weighted by atomic mass is 35.5. The number of ether oxygens (including phenoxy) is 3. The molecule has 4 heterocycles. The fourth-order valence-corrected chi connectivity index (χ4v) is 5.42. The van der Waals surface area contributed by atoms with Gasteiger partial charge in [0.15, 0.2) is 0 Å². The first-order valence-electron chi connectivity index (χ1n) is 14.2. The lowest BCUT2D eigenvalue weighted by atomic mass is 9.93. The molecule has 1 unspecified atom stereocenters. The van der Waals surface area contributed by atoms with E-state index in [2.05, 4.69) is 9.47 Å². The standard InChI is InChI=1S/C31H36ClFN4O5/c1-40-13-9-22(31(38)39)15-25-17-34-29(37(25)18-26-10-14-41-26)19-36-11-7-21(8-12-36)28-3-2-4-30(35-28)42-20-23-5-6-24(32)16-27(23)33/h2-6,15-17,21,26H,7-14,18-20H2,1H3,(H,38,39). The van der Waals surface area contributed by atoms with Crippen LogP contribution in [0.2, 0.25) is 5.02 Å². The van der Waals surface area contributed by atoms with Gasteiger partial charge in [0.25, 0.3) is 0 Å². The van der Waals surface area contributed by atoms with Gasteiger partial charge >= 0.3 is 5.97 Å². The third-order valence-corrected chi connectivity index (χ3v) is 8.06. The number of halogens is 2. The van der Waals surface area contributed by atoms with Crippen LogP contribution in [-0.4, -0.2) is 70.0 Å². The highest BCUT2D eigenvalue weighted by molar-refractivity contribution is 6.30. The molecular formula is C31H36ClFN4O5. The second-order valence-electron chi connectivity index (χ2n) is 10.7. The number of likely N-dealkylation sites (tertiary alicyclic amines) is 1. The van der Waals surface area contributed by atoms with E-state index in [4.69, 9.17) is 35.8 Å². The largest absolute Gasteiger partial charge is 0.478 e. The summed E-state index contributed by atoms with van der Waals surface area (Å²) < 4.78 is 32.8. The summed E-state index contributed by atoms with van der Waals surface area (Å²) in [6, 6.07) is 10.3. The summed E-state index contributed by atoms with van der Waals surface area (Å²) in [6.07, 6.45) is 6.72. The maximum atomic E-state index is 14.1. The van der Waals surface area contributed by atoms with Crippen LogP contribution in [0.15, 0.2) is 48.2 Å². The Balaban J connectivity index is 1.21. The van der Waals surface area contributed by atoms with Crippen LogP contribution in [0.3, 0.4) is 0 Å². The summed E-state index contributed by atoms with van der Waals surface area (Å²) in [6.45, 7) is 4.22. The molecule has 2 aliphatic heterocycles. The number of pyridine rings is 1. The van der Waals surface area contributed by atoms with Gasteiger partial charge in [-0.1, -0.05) is 23.7 Å². The van der Waals surface area contributed by atoms with Gasteiger partial charge in [-0.3, -0.25) is 4.90 Å². The molecule has 2 fully saturated rings. The van der Waals surface area contributed by atoms with Crippen molar-refractivity contribution in [1.29, 1.82) is 0 Å². The lowest BCUT2D eigenvalue weighted by Gasteiger charge is -2.32. The molecule has 0 amide bonds. The van der Waals surface area contributed by atoms with E-state index in [9.17, 15) is 14.3 Å². The van der Waals surface area contributed by atoms with Gasteiger partial charge in [0, 0.05) is 54.0 Å². The van der Waals surface area contributed by atoms with E-state index in [0.29, 0.717) is 42.6 Å². The fourth-order valence-electron chi connectivity index (χ4n) is 5.26. The highest BCUT2D eigenvalue weighted by Crippen LogP contribution is 2.29. The van der Waals surface area contributed by atoms with E-state index in [-0.39, 0.29) is 24.2 Å². The molecule has 224 valence electrons. The van der Waals surface area contributed by atoms with E-state index in [1.807, 2.05) is 12.1 Å². The second kappa shape index (κ2) is 14.2. The van der Waals surface area contributed by atoms with Crippen LogP contribution in [0.25, 0.3) is 6.08 Å². The van der Waals surface area contributed by atoms with Gasteiger partial charge in [0.2, 0.25) is 5.88 Å². The molecule has 3 aromatic rings.